The fourth-order valence-electron chi connectivity index (χ4n) is 6.26. The van der Waals surface area contributed by atoms with E-state index >= 15 is 0 Å². The quantitative estimate of drug-likeness (QED) is 0.145. The topological polar surface area (TPSA) is 145 Å². The Hall–Kier alpha value is -1.71. The number of rotatable bonds is 15. The molecule has 3 amide bonds. The number of fused-ring (bicyclic) bond motifs is 2. The van der Waals surface area contributed by atoms with E-state index in [9.17, 15) is 24.6 Å². The van der Waals surface area contributed by atoms with Crippen LogP contribution in [-0.2, 0) is 14.4 Å². The predicted molar refractivity (Wildman–Crippen MR) is 189 cm³/mol. The number of amides is 3. The van der Waals surface area contributed by atoms with E-state index < -0.39 is 23.2 Å². The number of hydrogen-bond acceptors (Lipinski definition) is 6. The van der Waals surface area contributed by atoms with Gasteiger partial charge in [-0.25, -0.2) is 0 Å². The van der Waals surface area contributed by atoms with Crippen LogP contribution in [0.4, 0.5) is 0 Å². The van der Waals surface area contributed by atoms with Crippen molar-refractivity contribution in [1.82, 2.24) is 15.5 Å². The zero-order valence-corrected chi connectivity index (χ0v) is 22.3. The Morgan fingerprint density at radius 1 is 0.930 bits per heavy atom. The molecule has 2 aliphatic rings. The molecule has 2 saturated carbocycles. The first kappa shape index (κ1) is 57.0. The molecule has 266 valence electrons. The Morgan fingerprint density at radius 2 is 1.49 bits per heavy atom. The first-order chi connectivity index (χ1) is 16.4. The van der Waals surface area contributed by atoms with Crippen LogP contribution in [0.15, 0.2) is 0 Å². The molecule has 2 fully saturated rings. The Morgan fingerprint density at radius 3 is 1.95 bits per heavy atom. The summed E-state index contributed by atoms with van der Waals surface area (Å²) in [6, 6.07) is 0. The lowest BCUT2D eigenvalue weighted by Crippen LogP contribution is -2.43. The third-order valence-corrected chi connectivity index (χ3v) is 8.33. The Labute approximate surface area is 269 Å². The second-order valence-electron chi connectivity index (χ2n) is 11.8. The number of nitrogens with two attached hydrogens (primary N) is 1. The van der Waals surface area contributed by atoms with Crippen molar-refractivity contribution in [1.29, 1.82) is 0 Å². The Kier molecular flexibility index (Phi) is 33.9. The predicted octanol–water partition coefficient (Wildman–Crippen LogP) is 5.82. The van der Waals surface area contributed by atoms with Crippen molar-refractivity contribution < 1.29 is 24.6 Å². The first-order valence-corrected chi connectivity index (χ1v) is 13.2. The summed E-state index contributed by atoms with van der Waals surface area (Å²) in [6.07, 6.45) is 3.38. The minimum absolute atomic E-state index is 0. The Balaban J connectivity index is -0.000000324. The third-order valence-electron chi connectivity index (χ3n) is 8.33. The van der Waals surface area contributed by atoms with Crippen molar-refractivity contribution in [3.05, 3.63) is 0 Å². The SMILES string of the molecule is C.C.C.C.C.C.C.C.CC1C2CC(O)C(C2)C1CC(CC(CC(C)(C)C(=O)NCCCN(C)C)C(=O)NCCO)C(N)=O. The average molecular weight is 625 g/mol. The van der Waals surface area contributed by atoms with Crippen LogP contribution in [0.1, 0.15) is 119 Å². The molecule has 0 aromatic heterocycles. The van der Waals surface area contributed by atoms with Gasteiger partial charge in [0.05, 0.1) is 12.7 Å². The van der Waals surface area contributed by atoms with Crippen molar-refractivity contribution in [2.24, 2.45) is 46.7 Å². The van der Waals surface area contributed by atoms with Crippen LogP contribution in [0.3, 0.4) is 0 Å². The van der Waals surface area contributed by atoms with Gasteiger partial charge in [-0.2, -0.15) is 0 Å². The lowest BCUT2D eigenvalue weighted by Gasteiger charge is -2.35. The van der Waals surface area contributed by atoms with Crippen molar-refractivity contribution >= 4 is 17.7 Å². The number of nitrogens with one attached hydrogen (secondary N) is 2. The van der Waals surface area contributed by atoms with E-state index in [1.807, 2.05) is 27.9 Å². The molecule has 0 spiro atoms. The summed E-state index contributed by atoms with van der Waals surface area (Å²) in [5.74, 6) is -0.683. The van der Waals surface area contributed by atoms with E-state index in [0.717, 1.165) is 25.8 Å². The van der Waals surface area contributed by atoms with Crippen LogP contribution in [0, 0.1) is 40.9 Å². The molecule has 6 N–H and O–H groups in total. The van der Waals surface area contributed by atoms with Crippen LogP contribution in [0.2, 0.25) is 0 Å². The van der Waals surface area contributed by atoms with Gasteiger partial charge in [-0.05, 0) is 82.8 Å². The van der Waals surface area contributed by atoms with E-state index in [0.29, 0.717) is 24.8 Å². The normalized spacial score (nSPS) is 22.5. The van der Waals surface area contributed by atoms with E-state index in [2.05, 4.69) is 22.5 Å². The summed E-state index contributed by atoms with van der Waals surface area (Å²) in [5.41, 5.74) is 4.99. The number of nitrogens with zero attached hydrogens (tertiary/aromatic N) is 1. The monoisotopic (exact) mass is 625 g/mol. The lowest BCUT2D eigenvalue weighted by atomic mass is 9.71. The standard InChI is InChI=1S/C26H48N4O5.8CH4/c1-16-17-12-21(22(32)14-17)20(16)13-18(23(27)33)11-19(24(34)28-8-10-31)15-26(2,3)25(35)29-7-6-9-30(4)5;;;;;;;;/h16-22,31-32H,6-15H2,1-5H3,(H2,27,33)(H,28,34)(H,29,35);8*1H4. The summed E-state index contributed by atoms with van der Waals surface area (Å²) in [5, 5.41) is 25.3. The molecule has 7 atom stereocenters. The molecule has 0 aromatic rings. The van der Waals surface area contributed by atoms with Gasteiger partial charge in [0.1, 0.15) is 0 Å². The van der Waals surface area contributed by atoms with Crippen molar-refractivity contribution in [3.8, 4) is 0 Å². The van der Waals surface area contributed by atoms with E-state index in [-0.39, 0.29) is 115 Å². The van der Waals surface area contributed by atoms with Gasteiger partial charge in [0.25, 0.3) is 0 Å². The zero-order valence-electron chi connectivity index (χ0n) is 22.3. The van der Waals surface area contributed by atoms with Crippen molar-refractivity contribution in [3.63, 3.8) is 0 Å². The van der Waals surface area contributed by atoms with Crippen LogP contribution in [0.25, 0.3) is 0 Å². The maximum absolute atomic E-state index is 13.0. The molecule has 0 aliphatic heterocycles. The molecule has 0 radical (unpaired) electrons. The van der Waals surface area contributed by atoms with Crippen LogP contribution < -0.4 is 16.4 Å². The average Bonchev–Trinajstić information content (AvgIpc) is 3.30. The van der Waals surface area contributed by atoms with Crippen molar-refractivity contribution in [2.45, 2.75) is 125 Å². The fourth-order valence-corrected chi connectivity index (χ4v) is 6.26. The molecule has 7 unspecified atom stereocenters. The largest absolute Gasteiger partial charge is 0.395 e. The highest BCUT2D eigenvalue weighted by Crippen LogP contribution is 2.54. The summed E-state index contributed by atoms with van der Waals surface area (Å²) >= 11 is 0. The third kappa shape index (κ3) is 16.3. The smallest absolute Gasteiger partial charge is 0.225 e. The summed E-state index contributed by atoms with van der Waals surface area (Å²) in [7, 11) is 3.96. The lowest BCUT2D eigenvalue weighted by molar-refractivity contribution is -0.133. The molecular weight excluding hydrogens is 544 g/mol. The first-order valence-electron chi connectivity index (χ1n) is 13.2. The van der Waals surface area contributed by atoms with Crippen molar-refractivity contribution in [2.75, 3.05) is 40.3 Å². The van der Waals surface area contributed by atoms with E-state index in [1.54, 1.807) is 0 Å². The minimum atomic E-state index is -0.822. The molecule has 2 rings (SSSR count). The maximum Gasteiger partial charge on any atom is 0.225 e. The molecule has 0 aromatic carbocycles. The number of aliphatic hydroxyl groups is 2. The number of carbonyl (C=O) groups excluding carboxylic acids is 3. The summed E-state index contributed by atoms with van der Waals surface area (Å²) in [6.45, 7) is 7.16. The molecule has 43 heavy (non-hydrogen) atoms. The van der Waals surface area contributed by atoms with Gasteiger partial charge in [0.2, 0.25) is 17.7 Å². The van der Waals surface area contributed by atoms with Crippen LogP contribution in [0.5, 0.6) is 0 Å². The summed E-state index contributed by atoms with van der Waals surface area (Å²) < 4.78 is 0. The molecule has 2 aliphatic carbocycles. The molecule has 0 saturated heterocycles. The maximum atomic E-state index is 13.0. The van der Waals surface area contributed by atoms with Gasteiger partial charge in [-0.3, -0.25) is 14.4 Å². The number of primary amides is 1. The van der Waals surface area contributed by atoms with Gasteiger partial charge < -0.3 is 31.5 Å². The molecule has 2 bridgehead atoms. The van der Waals surface area contributed by atoms with Gasteiger partial charge in [-0.1, -0.05) is 80.2 Å². The highest BCUT2D eigenvalue weighted by Gasteiger charge is 2.51. The number of hydrogen-bond donors (Lipinski definition) is 5. The van der Waals surface area contributed by atoms with E-state index in [1.165, 1.54) is 0 Å². The van der Waals surface area contributed by atoms with Gasteiger partial charge in [0.15, 0.2) is 0 Å². The second kappa shape index (κ2) is 25.6. The molecule has 9 nitrogen and oxygen atoms in total. The van der Waals surface area contributed by atoms with E-state index in [4.69, 9.17) is 5.73 Å². The molecule has 0 heterocycles. The summed E-state index contributed by atoms with van der Waals surface area (Å²) in [4.78, 5) is 40.5. The highest BCUT2D eigenvalue weighted by molar-refractivity contribution is 5.84. The zero-order chi connectivity index (χ0) is 26.3. The van der Waals surface area contributed by atoms with Gasteiger partial charge in [0, 0.05) is 30.3 Å². The number of aliphatic hydroxyl groups excluding tert-OH is 2. The van der Waals surface area contributed by atoms with Crippen LogP contribution >= 0.6 is 0 Å². The minimum Gasteiger partial charge on any atom is -0.395 e. The fraction of sp³-hybridized carbons (Fsp3) is 0.912. The number of carbonyl (C=O) groups is 3. The molecule has 9 heteroatoms. The van der Waals surface area contributed by atoms with Crippen LogP contribution in [-0.4, -0.2) is 79.3 Å². The van der Waals surface area contributed by atoms with Gasteiger partial charge >= 0.3 is 0 Å². The molecular formula is C34H80N4O5. The highest BCUT2D eigenvalue weighted by atomic mass is 16.3. The second-order valence-corrected chi connectivity index (χ2v) is 11.8. The Bertz CT molecular complexity index is 732. The van der Waals surface area contributed by atoms with Gasteiger partial charge in [-0.15, -0.1) is 0 Å².